The smallest absolute Gasteiger partial charge is 0.254 e. The van der Waals surface area contributed by atoms with E-state index in [1.807, 2.05) is 55.5 Å². The Hall–Kier alpha value is -3.38. The van der Waals surface area contributed by atoms with Crippen LogP contribution in [0.25, 0.3) is 21.9 Å². The average Bonchev–Trinajstić information content (AvgIpc) is 3.00. The zero-order valence-corrected chi connectivity index (χ0v) is 18.7. The molecular weight excluding hydrogens is 404 g/mol. The highest BCUT2D eigenvalue weighted by Gasteiger charge is 2.27. The van der Waals surface area contributed by atoms with Crippen molar-refractivity contribution in [1.82, 2.24) is 9.80 Å². The summed E-state index contributed by atoms with van der Waals surface area (Å²) in [5.41, 5.74) is 3.69. The van der Waals surface area contributed by atoms with Crippen LogP contribution in [-0.2, 0) is 4.79 Å². The molecule has 0 aromatic heterocycles. The zero-order chi connectivity index (χ0) is 22.8. The number of carbonyl (C=O) groups is 2. The van der Waals surface area contributed by atoms with Crippen molar-refractivity contribution in [3.8, 4) is 16.9 Å². The third kappa shape index (κ3) is 4.18. The molecule has 1 saturated heterocycles. The van der Waals surface area contributed by atoms with Gasteiger partial charge in [-0.3, -0.25) is 9.59 Å². The molecule has 166 valence electrons. The lowest BCUT2D eigenvalue weighted by atomic mass is 9.94. The molecule has 32 heavy (non-hydrogen) atoms. The van der Waals surface area contributed by atoms with Crippen LogP contribution in [0.3, 0.4) is 0 Å². The van der Waals surface area contributed by atoms with Crippen molar-refractivity contribution in [3.05, 3.63) is 65.7 Å². The number of methoxy groups -OCH3 is 1. The summed E-state index contributed by atoms with van der Waals surface area (Å²) < 4.78 is 5.50. The predicted octanol–water partition coefficient (Wildman–Crippen LogP) is 3.49. The normalized spacial score (nSPS) is 16.7. The monoisotopic (exact) mass is 432 g/mol. The molecule has 6 heteroatoms. The highest BCUT2D eigenvalue weighted by atomic mass is 16.5. The number of aliphatic hydroxyl groups is 1. The Labute approximate surface area is 188 Å². The van der Waals surface area contributed by atoms with Gasteiger partial charge in [-0.15, -0.1) is 0 Å². The number of hydrogen-bond acceptors (Lipinski definition) is 4. The molecule has 6 nitrogen and oxygen atoms in total. The molecule has 1 aliphatic rings. The first-order valence-corrected chi connectivity index (χ1v) is 10.8. The van der Waals surface area contributed by atoms with Crippen molar-refractivity contribution in [3.63, 3.8) is 0 Å². The van der Waals surface area contributed by atoms with Gasteiger partial charge in [0, 0.05) is 38.7 Å². The highest BCUT2D eigenvalue weighted by molar-refractivity contribution is 6.10. The van der Waals surface area contributed by atoms with Crippen LogP contribution in [0.15, 0.2) is 54.6 Å². The van der Waals surface area contributed by atoms with Gasteiger partial charge in [-0.2, -0.15) is 0 Å². The second-order valence-electron chi connectivity index (χ2n) is 8.26. The van der Waals surface area contributed by atoms with Gasteiger partial charge in [-0.1, -0.05) is 42.5 Å². The molecule has 0 radical (unpaired) electrons. The second kappa shape index (κ2) is 9.01. The van der Waals surface area contributed by atoms with Crippen LogP contribution in [0.1, 0.15) is 22.8 Å². The Morgan fingerprint density at radius 2 is 1.66 bits per heavy atom. The van der Waals surface area contributed by atoms with Crippen LogP contribution < -0.4 is 4.74 Å². The molecule has 1 N–H and O–H groups in total. The van der Waals surface area contributed by atoms with Gasteiger partial charge in [0.05, 0.1) is 13.2 Å². The average molecular weight is 433 g/mol. The van der Waals surface area contributed by atoms with Crippen molar-refractivity contribution in [2.75, 3.05) is 33.3 Å². The maximum absolute atomic E-state index is 13.5. The molecule has 3 aromatic rings. The second-order valence-corrected chi connectivity index (χ2v) is 8.26. The molecule has 1 unspecified atom stereocenters. The topological polar surface area (TPSA) is 70.1 Å². The maximum Gasteiger partial charge on any atom is 0.254 e. The maximum atomic E-state index is 13.5. The van der Waals surface area contributed by atoms with Gasteiger partial charge in [0.2, 0.25) is 5.91 Å². The van der Waals surface area contributed by atoms with E-state index in [1.54, 1.807) is 16.9 Å². The summed E-state index contributed by atoms with van der Waals surface area (Å²) in [4.78, 5) is 28.5. The lowest BCUT2D eigenvalue weighted by molar-refractivity contribution is -0.129. The third-order valence-corrected chi connectivity index (χ3v) is 6.11. The summed E-state index contributed by atoms with van der Waals surface area (Å²) >= 11 is 0. The number of nitrogens with zero attached hydrogens (tertiary/aromatic N) is 2. The first kappa shape index (κ1) is 21.8. The van der Waals surface area contributed by atoms with E-state index in [1.165, 1.54) is 6.92 Å². The van der Waals surface area contributed by atoms with Crippen molar-refractivity contribution in [2.45, 2.75) is 20.0 Å². The molecule has 4 rings (SSSR count). The van der Waals surface area contributed by atoms with E-state index in [-0.39, 0.29) is 24.9 Å². The van der Waals surface area contributed by atoms with Gasteiger partial charge in [0.15, 0.2) is 0 Å². The largest absolute Gasteiger partial charge is 0.496 e. The van der Waals surface area contributed by atoms with Gasteiger partial charge in [-0.25, -0.2) is 0 Å². The molecular formula is C26H28N2O4. The number of rotatable bonds is 3. The fourth-order valence-corrected chi connectivity index (χ4v) is 4.37. The number of ether oxygens (including phenoxy) is 1. The molecule has 0 bridgehead atoms. The Morgan fingerprint density at radius 3 is 2.41 bits per heavy atom. The van der Waals surface area contributed by atoms with Crippen LogP contribution in [0.5, 0.6) is 5.75 Å². The molecule has 2 amide bonds. The summed E-state index contributed by atoms with van der Waals surface area (Å²) in [5, 5.41) is 12.2. The molecule has 1 fully saturated rings. The van der Waals surface area contributed by atoms with E-state index in [4.69, 9.17) is 4.74 Å². The fraction of sp³-hybridized carbons (Fsp3) is 0.308. The Morgan fingerprint density at radius 1 is 0.969 bits per heavy atom. The fourth-order valence-electron chi connectivity index (χ4n) is 4.37. The SMILES string of the molecule is COc1cc(-c2cccc3c(C(=O)N4CCN(C(C)=O)CC(O)C4)cccc23)ccc1C. The Kier molecular flexibility index (Phi) is 6.15. The van der Waals surface area contributed by atoms with Crippen molar-refractivity contribution < 1.29 is 19.4 Å². The molecule has 0 aliphatic carbocycles. The van der Waals surface area contributed by atoms with Crippen LogP contribution in [0.2, 0.25) is 0 Å². The quantitative estimate of drug-likeness (QED) is 0.688. The first-order valence-electron chi connectivity index (χ1n) is 10.8. The van der Waals surface area contributed by atoms with Crippen LogP contribution in [0.4, 0.5) is 0 Å². The van der Waals surface area contributed by atoms with E-state index < -0.39 is 6.10 Å². The molecule has 1 atom stereocenters. The number of hydrogen-bond donors (Lipinski definition) is 1. The van der Waals surface area contributed by atoms with Gasteiger partial charge in [0.25, 0.3) is 5.91 Å². The number of carbonyl (C=O) groups excluding carboxylic acids is 2. The summed E-state index contributed by atoms with van der Waals surface area (Å²) in [6.45, 7) is 4.74. The summed E-state index contributed by atoms with van der Waals surface area (Å²) in [5.74, 6) is 0.584. The standard InChI is InChI=1S/C26H28N2O4/c1-17-10-11-19(14-25(17)32-3)21-6-4-8-23-22(21)7-5-9-24(23)26(31)28-13-12-27(18(2)29)15-20(30)16-28/h4-11,14,20,30H,12-13,15-16H2,1-3H3. The zero-order valence-electron chi connectivity index (χ0n) is 18.7. The van der Waals surface area contributed by atoms with Crippen molar-refractivity contribution in [1.29, 1.82) is 0 Å². The van der Waals surface area contributed by atoms with Crippen molar-refractivity contribution >= 4 is 22.6 Å². The van der Waals surface area contributed by atoms with Crippen LogP contribution >= 0.6 is 0 Å². The lowest BCUT2D eigenvalue weighted by Gasteiger charge is -2.23. The lowest BCUT2D eigenvalue weighted by Crippen LogP contribution is -2.37. The summed E-state index contributed by atoms with van der Waals surface area (Å²) in [7, 11) is 1.66. The number of β-amino-alcohol motifs (C(OH)–C–C–N with tert-alkyl or cyclic N) is 1. The molecule has 1 heterocycles. The van der Waals surface area contributed by atoms with E-state index >= 15 is 0 Å². The number of amides is 2. The van der Waals surface area contributed by atoms with Gasteiger partial charge in [0.1, 0.15) is 5.75 Å². The number of aryl methyl sites for hydroxylation is 1. The third-order valence-electron chi connectivity index (χ3n) is 6.11. The Bertz CT molecular complexity index is 1170. The summed E-state index contributed by atoms with van der Waals surface area (Å²) in [6, 6.07) is 17.8. The van der Waals surface area contributed by atoms with E-state index in [2.05, 4.69) is 6.07 Å². The van der Waals surface area contributed by atoms with Gasteiger partial charge >= 0.3 is 0 Å². The number of fused-ring (bicyclic) bond motifs is 1. The number of benzene rings is 3. The predicted molar refractivity (Wildman–Crippen MR) is 125 cm³/mol. The minimum atomic E-state index is -0.768. The molecule has 0 spiro atoms. The van der Waals surface area contributed by atoms with Crippen molar-refractivity contribution in [2.24, 2.45) is 0 Å². The molecule has 3 aromatic carbocycles. The van der Waals surface area contributed by atoms with Crippen LogP contribution in [0, 0.1) is 6.92 Å². The first-order chi connectivity index (χ1) is 15.4. The minimum absolute atomic E-state index is 0.0957. The Balaban J connectivity index is 1.73. The molecule has 1 aliphatic heterocycles. The van der Waals surface area contributed by atoms with Gasteiger partial charge < -0.3 is 19.6 Å². The molecule has 0 saturated carbocycles. The number of aliphatic hydroxyl groups excluding tert-OH is 1. The van der Waals surface area contributed by atoms with Gasteiger partial charge in [-0.05, 0) is 46.5 Å². The van der Waals surface area contributed by atoms with Crippen LogP contribution in [-0.4, -0.2) is 66.1 Å². The van der Waals surface area contributed by atoms with E-state index in [0.29, 0.717) is 18.7 Å². The highest BCUT2D eigenvalue weighted by Crippen LogP contribution is 2.33. The summed E-state index contributed by atoms with van der Waals surface area (Å²) in [6.07, 6.45) is -0.768. The van der Waals surface area contributed by atoms with E-state index in [0.717, 1.165) is 33.2 Å². The minimum Gasteiger partial charge on any atom is -0.496 e. The van der Waals surface area contributed by atoms with E-state index in [9.17, 15) is 14.7 Å².